The number of rotatable bonds is 6. The fourth-order valence-corrected chi connectivity index (χ4v) is 2.72. The van der Waals surface area contributed by atoms with Crippen molar-refractivity contribution in [3.05, 3.63) is 52.6 Å². The van der Waals surface area contributed by atoms with Crippen LogP contribution in [0.15, 0.2) is 30.3 Å². The van der Waals surface area contributed by atoms with Gasteiger partial charge in [0.15, 0.2) is 17.3 Å². The minimum atomic E-state index is -0.281. The summed E-state index contributed by atoms with van der Waals surface area (Å²) in [6, 6.07) is 8.77. The Morgan fingerprint density at radius 3 is 2.35 bits per heavy atom. The van der Waals surface area contributed by atoms with Crippen LogP contribution in [0.5, 0.6) is 17.2 Å². The molecule has 122 valence electrons. The van der Waals surface area contributed by atoms with Crippen LogP contribution in [0.1, 0.15) is 46.8 Å². The third-order valence-electron chi connectivity index (χ3n) is 3.99. The summed E-state index contributed by atoms with van der Waals surface area (Å²) in [7, 11) is 1.44. The van der Waals surface area contributed by atoms with E-state index in [0.717, 1.165) is 12.8 Å². The molecule has 0 aliphatic rings. The second-order valence-corrected chi connectivity index (χ2v) is 5.51. The monoisotopic (exact) mass is 314 g/mol. The third kappa shape index (κ3) is 3.16. The fourth-order valence-electron chi connectivity index (χ4n) is 2.72. The minimum Gasteiger partial charge on any atom is -0.507 e. The highest BCUT2D eigenvalue weighted by atomic mass is 16.5. The lowest BCUT2D eigenvalue weighted by Crippen LogP contribution is -2.08. The summed E-state index contributed by atoms with van der Waals surface area (Å²) in [5, 5.41) is 21.0. The van der Waals surface area contributed by atoms with Crippen molar-refractivity contribution in [2.45, 2.75) is 33.1 Å². The van der Waals surface area contributed by atoms with E-state index >= 15 is 0 Å². The van der Waals surface area contributed by atoms with Gasteiger partial charge in [-0.25, -0.2) is 0 Å². The lowest BCUT2D eigenvalue weighted by atomic mass is 9.92. The molecule has 2 N–H and O–H groups in total. The number of unbranched alkanes of at least 4 members (excludes halogenated alkanes) is 1. The molecule has 0 heterocycles. The number of benzene rings is 2. The summed E-state index contributed by atoms with van der Waals surface area (Å²) >= 11 is 0. The van der Waals surface area contributed by atoms with Crippen LogP contribution >= 0.6 is 0 Å². The summed E-state index contributed by atoms with van der Waals surface area (Å²) in [6.07, 6.45) is 2.20. The van der Waals surface area contributed by atoms with E-state index in [4.69, 9.17) is 4.74 Å². The van der Waals surface area contributed by atoms with Crippen molar-refractivity contribution in [1.29, 1.82) is 0 Å². The fraction of sp³-hybridized carbons (Fsp3) is 0.316. The molecule has 0 amide bonds. The zero-order valence-corrected chi connectivity index (χ0v) is 13.7. The molecule has 0 spiro atoms. The second kappa shape index (κ2) is 7.18. The number of hydrogen-bond donors (Lipinski definition) is 2. The molecule has 0 fully saturated rings. The Kier molecular flexibility index (Phi) is 5.27. The lowest BCUT2D eigenvalue weighted by molar-refractivity contribution is 0.103. The first kappa shape index (κ1) is 16.9. The molecule has 0 radical (unpaired) electrons. The first-order valence-corrected chi connectivity index (χ1v) is 7.74. The van der Waals surface area contributed by atoms with E-state index < -0.39 is 0 Å². The molecule has 0 unspecified atom stereocenters. The average Bonchev–Trinajstić information content (AvgIpc) is 2.56. The zero-order chi connectivity index (χ0) is 17.0. The van der Waals surface area contributed by atoms with Crippen LogP contribution < -0.4 is 4.74 Å². The van der Waals surface area contributed by atoms with Gasteiger partial charge in [0.2, 0.25) is 0 Å². The topological polar surface area (TPSA) is 66.8 Å². The van der Waals surface area contributed by atoms with Gasteiger partial charge in [0.05, 0.1) is 12.7 Å². The molecule has 0 aromatic heterocycles. The van der Waals surface area contributed by atoms with Crippen LogP contribution in [0.2, 0.25) is 0 Å². The molecular formula is C19H22O4. The van der Waals surface area contributed by atoms with Gasteiger partial charge in [0, 0.05) is 16.7 Å². The Hall–Kier alpha value is -2.49. The molecule has 2 aromatic rings. The van der Waals surface area contributed by atoms with Gasteiger partial charge in [-0.1, -0.05) is 43.7 Å². The maximum absolute atomic E-state index is 12.8. The maximum Gasteiger partial charge on any atom is 0.197 e. The van der Waals surface area contributed by atoms with Gasteiger partial charge in [-0.15, -0.1) is 0 Å². The highest BCUT2D eigenvalue weighted by molar-refractivity contribution is 6.12. The maximum atomic E-state index is 12.8. The Labute approximate surface area is 136 Å². The van der Waals surface area contributed by atoms with Crippen molar-refractivity contribution in [3.8, 4) is 17.2 Å². The minimum absolute atomic E-state index is 0.0828. The Morgan fingerprint density at radius 1 is 1.13 bits per heavy atom. The zero-order valence-electron chi connectivity index (χ0n) is 13.7. The molecule has 0 atom stereocenters. The molecular weight excluding hydrogens is 292 g/mol. The number of carbonyl (C=O) groups is 1. The van der Waals surface area contributed by atoms with Crippen molar-refractivity contribution < 1.29 is 19.7 Å². The first-order chi connectivity index (χ1) is 11.0. The van der Waals surface area contributed by atoms with Crippen molar-refractivity contribution in [3.63, 3.8) is 0 Å². The van der Waals surface area contributed by atoms with Crippen molar-refractivity contribution in [1.82, 2.24) is 0 Å². The van der Waals surface area contributed by atoms with Gasteiger partial charge in [0.1, 0.15) is 5.75 Å². The normalized spacial score (nSPS) is 10.6. The van der Waals surface area contributed by atoms with E-state index in [1.165, 1.54) is 7.11 Å². The summed E-state index contributed by atoms with van der Waals surface area (Å²) in [5.74, 6) is -0.270. The Morgan fingerprint density at radius 2 is 1.78 bits per heavy atom. The van der Waals surface area contributed by atoms with E-state index in [0.29, 0.717) is 23.1 Å². The van der Waals surface area contributed by atoms with Crippen molar-refractivity contribution >= 4 is 5.78 Å². The van der Waals surface area contributed by atoms with Crippen molar-refractivity contribution in [2.24, 2.45) is 0 Å². The summed E-state index contributed by atoms with van der Waals surface area (Å²) in [5.41, 5.74) is 1.49. The van der Waals surface area contributed by atoms with Gasteiger partial charge in [0.25, 0.3) is 0 Å². The molecule has 4 heteroatoms. The van der Waals surface area contributed by atoms with Crippen molar-refractivity contribution in [2.75, 3.05) is 7.11 Å². The van der Waals surface area contributed by atoms with Gasteiger partial charge < -0.3 is 14.9 Å². The van der Waals surface area contributed by atoms with Crippen LogP contribution in [-0.2, 0) is 6.42 Å². The quantitative estimate of drug-likeness (QED) is 0.791. The highest BCUT2D eigenvalue weighted by Gasteiger charge is 2.26. The molecule has 4 nitrogen and oxygen atoms in total. The SMILES string of the molecule is CCCCc1c(O)c(OC)c(C)c(C(=O)c2ccccc2)c1O. The van der Waals surface area contributed by atoms with E-state index in [1.807, 2.05) is 13.0 Å². The number of phenolic OH excluding ortho intramolecular Hbond substituents is 2. The molecule has 23 heavy (non-hydrogen) atoms. The molecule has 0 aliphatic heterocycles. The van der Waals surface area contributed by atoms with E-state index in [1.54, 1.807) is 31.2 Å². The number of hydrogen-bond acceptors (Lipinski definition) is 4. The first-order valence-electron chi connectivity index (χ1n) is 7.74. The number of phenols is 2. The van der Waals surface area contributed by atoms with Crippen LogP contribution in [0.25, 0.3) is 0 Å². The number of carbonyl (C=O) groups excluding carboxylic acids is 1. The van der Waals surface area contributed by atoms with Crippen LogP contribution in [-0.4, -0.2) is 23.1 Å². The largest absolute Gasteiger partial charge is 0.507 e. The highest BCUT2D eigenvalue weighted by Crippen LogP contribution is 2.44. The predicted molar refractivity (Wildman–Crippen MR) is 89.5 cm³/mol. The molecule has 2 aromatic carbocycles. The summed E-state index contributed by atoms with van der Waals surface area (Å²) in [4.78, 5) is 12.8. The smallest absolute Gasteiger partial charge is 0.197 e. The average molecular weight is 314 g/mol. The summed E-state index contributed by atoms with van der Waals surface area (Å²) < 4.78 is 5.26. The Balaban J connectivity index is 2.65. The van der Waals surface area contributed by atoms with E-state index in [9.17, 15) is 15.0 Å². The Bertz CT molecular complexity index is 705. The number of ether oxygens (including phenoxy) is 1. The summed E-state index contributed by atoms with van der Waals surface area (Å²) in [6.45, 7) is 3.69. The molecule has 2 rings (SSSR count). The van der Waals surface area contributed by atoms with Gasteiger partial charge in [-0.2, -0.15) is 0 Å². The third-order valence-corrected chi connectivity index (χ3v) is 3.99. The molecule has 0 aliphatic carbocycles. The van der Waals surface area contributed by atoms with E-state index in [2.05, 4.69) is 0 Å². The number of ketones is 1. The predicted octanol–water partition coefficient (Wildman–Crippen LogP) is 3.99. The van der Waals surface area contributed by atoms with Crippen LogP contribution in [0.3, 0.4) is 0 Å². The van der Waals surface area contributed by atoms with Crippen LogP contribution in [0.4, 0.5) is 0 Å². The standard InChI is InChI=1S/C19H22O4/c1-4-5-11-14-17(21)15(12(2)19(23-3)18(14)22)16(20)13-9-7-6-8-10-13/h6-10,21-22H,4-5,11H2,1-3H3. The molecule has 0 saturated heterocycles. The number of methoxy groups -OCH3 is 1. The van der Waals surface area contributed by atoms with E-state index in [-0.39, 0.29) is 28.6 Å². The van der Waals surface area contributed by atoms with Gasteiger partial charge in [-0.3, -0.25) is 4.79 Å². The number of aromatic hydroxyl groups is 2. The van der Waals surface area contributed by atoms with Gasteiger partial charge in [-0.05, 0) is 19.8 Å². The molecule has 0 saturated carbocycles. The van der Waals surface area contributed by atoms with Gasteiger partial charge >= 0.3 is 0 Å². The second-order valence-electron chi connectivity index (χ2n) is 5.51. The lowest BCUT2D eigenvalue weighted by Gasteiger charge is -2.18. The van der Waals surface area contributed by atoms with Crippen LogP contribution in [0, 0.1) is 6.92 Å². The molecule has 0 bridgehead atoms.